The van der Waals surface area contributed by atoms with E-state index in [1.807, 2.05) is 30.0 Å². The number of carbonyl (C=O) groups excluding carboxylic acids is 2. The standard InChI is InChI=1S/C18H25N3O2/c1-13(18(23)21-10-3-2-4-11-21)19-16-7-5-6-14(12-16)17(22)20-15-8-9-15/h5-7,12-13,15,19H,2-4,8-11H2,1H3,(H,20,22)/t13-/m0/s1. The predicted octanol–water partition coefficient (Wildman–Crippen LogP) is 2.39. The van der Waals surface area contributed by atoms with Gasteiger partial charge in [-0.3, -0.25) is 9.59 Å². The van der Waals surface area contributed by atoms with Crippen LogP contribution >= 0.6 is 0 Å². The van der Waals surface area contributed by atoms with E-state index in [2.05, 4.69) is 10.6 Å². The van der Waals surface area contributed by atoms with E-state index < -0.39 is 0 Å². The Morgan fingerprint density at radius 1 is 1.17 bits per heavy atom. The number of nitrogens with one attached hydrogen (secondary N) is 2. The molecule has 1 saturated heterocycles. The molecule has 1 aromatic carbocycles. The Bertz CT molecular complexity index is 577. The van der Waals surface area contributed by atoms with E-state index in [-0.39, 0.29) is 17.9 Å². The smallest absolute Gasteiger partial charge is 0.251 e. The van der Waals surface area contributed by atoms with Crippen LogP contribution in [-0.2, 0) is 4.79 Å². The van der Waals surface area contributed by atoms with Crippen molar-refractivity contribution in [2.24, 2.45) is 0 Å². The first-order chi connectivity index (χ1) is 11.1. The predicted molar refractivity (Wildman–Crippen MR) is 90.4 cm³/mol. The second-order valence-electron chi connectivity index (χ2n) is 6.58. The zero-order valence-electron chi connectivity index (χ0n) is 13.7. The van der Waals surface area contributed by atoms with Crippen molar-refractivity contribution < 1.29 is 9.59 Å². The van der Waals surface area contributed by atoms with Gasteiger partial charge in [0.1, 0.15) is 6.04 Å². The van der Waals surface area contributed by atoms with Gasteiger partial charge in [-0.15, -0.1) is 0 Å². The van der Waals surface area contributed by atoms with Crippen LogP contribution < -0.4 is 10.6 Å². The Kier molecular flexibility index (Phi) is 4.84. The minimum absolute atomic E-state index is 0.0360. The lowest BCUT2D eigenvalue weighted by Crippen LogP contribution is -2.43. The number of benzene rings is 1. The highest BCUT2D eigenvalue weighted by atomic mass is 16.2. The summed E-state index contributed by atoms with van der Waals surface area (Å²) in [5.41, 5.74) is 1.45. The summed E-state index contributed by atoms with van der Waals surface area (Å²) in [6, 6.07) is 7.43. The summed E-state index contributed by atoms with van der Waals surface area (Å²) in [5.74, 6) is 0.101. The minimum atomic E-state index is -0.283. The van der Waals surface area contributed by atoms with Gasteiger partial charge in [0.2, 0.25) is 5.91 Å². The molecule has 2 amide bonds. The first-order valence-electron chi connectivity index (χ1n) is 8.60. The number of piperidine rings is 1. The first-order valence-corrected chi connectivity index (χ1v) is 8.60. The molecule has 0 spiro atoms. The number of likely N-dealkylation sites (tertiary alicyclic amines) is 1. The number of hydrogen-bond acceptors (Lipinski definition) is 3. The van der Waals surface area contributed by atoms with Crippen molar-refractivity contribution in [1.82, 2.24) is 10.2 Å². The SMILES string of the molecule is C[C@H](Nc1cccc(C(=O)NC2CC2)c1)C(=O)N1CCCCC1. The van der Waals surface area contributed by atoms with Crippen molar-refractivity contribution in [3.8, 4) is 0 Å². The summed E-state index contributed by atoms with van der Waals surface area (Å²) in [7, 11) is 0. The molecule has 1 aliphatic carbocycles. The first kappa shape index (κ1) is 15.8. The number of rotatable bonds is 5. The monoisotopic (exact) mass is 315 g/mol. The molecule has 0 aromatic heterocycles. The fourth-order valence-corrected chi connectivity index (χ4v) is 2.95. The van der Waals surface area contributed by atoms with Crippen LogP contribution in [0.15, 0.2) is 24.3 Å². The molecule has 2 aliphatic rings. The van der Waals surface area contributed by atoms with Crippen LogP contribution in [0, 0.1) is 0 Å². The van der Waals surface area contributed by atoms with Crippen LogP contribution in [0.2, 0.25) is 0 Å². The highest BCUT2D eigenvalue weighted by Gasteiger charge is 2.24. The molecule has 1 saturated carbocycles. The normalized spacial score (nSPS) is 19.1. The van der Waals surface area contributed by atoms with E-state index in [1.54, 1.807) is 6.07 Å². The van der Waals surface area contributed by atoms with Gasteiger partial charge in [0.15, 0.2) is 0 Å². The third-order valence-corrected chi connectivity index (χ3v) is 4.46. The Morgan fingerprint density at radius 2 is 1.91 bits per heavy atom. The van der Waals surface area contributed by atoms with Gasteiger partial charge in [0.05, 0.1) is 0 Å². The van der Waals surface area contributed by atoms with E-state index in [0.717, 1.165) is 44.5 Å². The van der Waals surface area contributed by atoms with Gasteiger partial charge in [-0.1, -0.05) is 6.07 Å². The minimum Gasteiger partial charge on any atom is -0.374 e. The molecule has 0 radical (unpaired) electrons. The van der Waals surface area contributed by atoms with Gasteiger partial charge in [-0.2, -0.15) is 0 Å². The van der Waals surface area contributed by atoms with Crippen LogP contribution in [0.25, 0.3) is 0 Å². The van der Waals surface area contributed by atoms with Crippen molar-refractivity contribution in [2.45, 2.75) is 51.1 Å². The molecule has 2 fully saturated rings. The van der Waals surface area contributed by atoms with Gasteiger partial charge in [0.25, 0.3) is 5.91 Å². The number of carbonyl (C=O) groups is 2. The van der Waals surface area contributed by atoms with Gasteiger partial charge < -0.3 is 15.5 Å². The largest absolute Gasteiger partial charge is 0.374 e. The highest BCUT2D eigenvalue weighted by molar-refractivity contribution is 5.95. The van der Waals surface area contributed by atoms with E-state index in [1.165, 1.54) is 6.42 Å². The fourth-order valence-electron chi connectivity index (χ4n) is 2.95. The van der Waals surface area contributed by atoms with Gasteiger partial charge in [-0.25, -0.2) is 0 Å². The maximum absolute atomic E-state index is 12.5. The van der Waals surface area contributed by atoms with E-state index in [0.29, 0.717) is 11.6 Å². The molecule has 1 aliphatic heterocycles. The molecule has 124 valence electrons. The van der Waals surface area contributed by atoms with Crippen molar-refractivity contribution in [3.63, 3.8) is 0 Å². The topological polar surface area (TPSA) is 61.4 Å². The van der Waals surface area contributed by atoms with Gasteiger partial charge >= 0.3 is 0 Å². The molecular weight excluding hydrogens is 290 g/mol. The number of amides is 2. The molecule has 5 nitrogen and oxygen atoms in total. The lowest BCUT2D eigenvalue weighted by Gasteiger charge is -2.29. The molecule has 5 heteroatoms. The quantitative estimate of drug-likeness (QED) is 0.877. The number of hydrogen-bond donors (Lipinski definition) is 2. The van der Waals surface area contributed by atoms with E-state index >= 15 is 0 Å². The zero-order valence-corrected chi connectivity index (χ0v) is 13.7. The maximum atomic E-state index is 12.5. The third-order valence-electron chi connectivity index (χ3n) is 4.46. The Labute approximate surface area is 137 Å². The average molecular weight is 315 g/mol. The highest BCUT2D eigenvalue weighted by Crippen LogP contribution is 2.20. The van der Waals surface area contributed by atoms with Crippen molar-refractivity contribution in [2.75, 3.05) is 18.4 Å². The molecule has 1 heterocycles. The summed E-state index contributed by atoms with van der Waals surface area (Å²) in [6.07, 6.45) is 5.55. The molecule has 3 rings (SSSR count). The summed E-state index contributed by atoms with van der Waals surface area (Å²) < 4.78 is 0. The van der Waals surface area contributed by atoms with Crippen LogP contribution in [0.4, 0.5) is 5.69 Å². The van der Waals surface area contributed by atoms with Crippen molar-refractivity contribution in [3.05, 3.63) is 29.8 Å². The van der Waals surface area contributed by atoms with E-state index in [4.69, 9.17) is 0 Å². The van der Waals surface area contributed by atoms with Crippen LogP contribution in [0.3, 0.4) is 0 Å². The molecule has 2 N–H and O–H groups in total. The van der Waals surface area contributed by atoms with Gasteiger partial charge in [0, 0.05) is 30.4 Å². The van der Waals surface area contributed by atoms with Crippen LogP contribution in [-0.4, -0.2) is 41.9 Å². The average Bonchev–Trinajstić information content (AvgIpc) is 3.39. The Balaban J connectivity index is 1.59. The molecule has 0 bridgehead atoms. The Morgan fingerprint density at radius 3 is 2.61 bits per heavy atom. The lowest BCUT2D eigenvalue weighted by molar-refractivity contribution is -0.132. The second-order valence-corrected chi connectivity index (χ2v) is 6.58. The third kappa shape index (κ3) is 4.24. The molecule has 0 unspecified atom stereocenters. The number of anilines is 1. The van der Waals surface area contributed by atoms with Crippen molar-refractivity contribution in [1.29, 1.82) is 0 Å². The molecule has 23 heavy (non-hydrogen) atoms. The number of nitrogens with zero attached hydrogens (tertiary/aromatic N) is 1. The molecule has 1 aromatic rings. The second kappa shape index (κ2) is 7.02. The van der Waals surface area contributed by atoms with Crippen LogP contribution in [0.1, 0.15) is 49.4 Å². The van der Waals surface area contributed by atoms with Gasteiger partial charge in [-0.05, 0) is 57.2 Å². The lowest BCUT2D eigenvalue weighted by atomic mass is 10.1. The Hall–Kier alpha value is -2.04. The summed E-state index contributed by atoms with van der Waals surface area (Å²) in [5, 5.41) is 6.22. The van der Waals surface area contributed by atoms with Crippen LogP contribution in [0.5, 0.6) is 0 Å². The molecule has 1 atom stereocenters. The molecular formula is C18H25N3O2. The fraction of sp³-hybridized carbons (Fsp3) is 0.556. The maximum Gasteiger partial charge on any atom is 0.251 e. The summed E-state index contributed by atoms with van der Waals surface area (Å²) in [4.78, 5) is 26.5. The van der Waals surface area contributed by atoms with Crippen molar-refractivity contribution >= 4 is 17.5 Å². The zero-order chi connectivity index (χ0) is 16.2. The summed E-state index contributed by atoms with van der Waals surface area (Å²) in [6.45, 7) is 3.59. The van der Waals surface area contributed by atoms with E-state index in [9.17, 15) is 9.59 Å². The summed E-state index contributed by atoms with van der Waals surface area (Å²) >= 11 is 0.